The van der Waals surface area contributed by atoms with Gasteiger partial charge in [0.15, 0.2) is 11.9 Å². The summed E-state index contributed by atoms with van der Waals surface area (Å²) in [6.07, 6.45) is -1.83. The number of carboxylic acid groups (broad SMARTS) is 3. The summed E-state index contributed by atoms with van der Waals surface area (Å²) < 4.78 is 0. The van der Waals surface area contributed by atoms with Crippen molar-refractivity contribution < 1.29 is 73.5 Å². The van der Waals surface area contributed by atoms with Gasteiger partial charge in [0, 0.05) is 13.1 Å². The molecule has 0 heterocycles. The first-order valence-corrected chi connectivity index (χ1v) is 17.4. The Morgan fingerprint density at radius 1 is 0.492 bits per heavy atom. The second-order valence-electron chi connectivity index (χ2n) is 12.3. The summed E-state index contributed by atoms with van der Waals surface area (Å²) in [5.41, 5.74) is 26.8. The molecule has 0 aromatic heterocycles. The zero-order chi connectivity index (χ0) is 45.2. The fourth-order valence-corrected chi connectivity index (χ4v) is 4.47. The Morgan fingerprint density at radius 3 is 1.29 bits per heavy atom. The van der Waals surface area contributed by atoms with Gasteiger partial charge in [-0.1, -0.05) is 0 Å². The predicted octanol–water partition coefficient (Wildman–Crippen LogP) is -9.90. The van der Waals surface area contributed by atoms with Gasteiger partial charge in [0.25, 0.3) is 0 Å². The minimum absolute atomic E-state index is 0.0151. The maximum Gasteiger partial charge on any atom is 0.328 e. The number of aliphatic hydroxyl groups excluding tert-OH is 2. The maximum absolute atomic E-state index is 13.2. The van der Waals surface area contributed by atoms with Gasteiger partial charge >= 0.3 is 17.9 Å². The minimum Gasteiger partial charge on any atom is -0.481 e. The highest BCUT2D eigenvalue weighted by atomic mass is 16.4. The highest BCUT2D eigenvalue weighted by Crippen LogP contribution is 2.02. The number of hydrogen-bond donors (Lipinski definition) is 17. The monoisotopic (exact) mass is 848 g/mol. The molecule has 29 heteroatoms. The van der Waals surface area contributed by atoms with Gasteiger partial charge in [-0.05, 0) is 25.7 Å². The fraction of sp³-hybridized carbons (Fsp3) is 0.600. The number of aliphatic imine (C=N–C) groups is 2. The van der Waals surface area contributed by atoms with E-state index in [0.717, 1.165) is 0 Å². The number of amides is 7. The third-order valence-electron chi connectivity index (χ3n) is 7.40. The van der Waals surface area contributed by atoms with Crippen molar-refractivity contribution in [2.24, 2.45) is 38.7 Å². The largest absolute Gasteiger partial charge is 0.481 e. The van der Waals surface area contributed by atoms with Crippen molar-refractivity contribution in [2.45, 2.75) is 74.8 Å². The van der Waals surface area contributed by atoms with Gasteiger partial charge in [0.2, 0.25) is 41.4 Å². The van der Waals surface area contributed by atoms with E-state index in [1.54, 1.807) is 0 Å². The molecule has 7 amide bonds. The third kappa shape index (κ3) is 23.1. The van der Waals surface area contributed by atoms with Crippen LogP contribution in [0.15, 0.2) is 9.98 Å². The van der Waals surface area contributed by atoms with Crippen LogP contribution in [-0.4, -0.2) is 172 Å². The number of carbonyl (C=O) groups excluding carboxylic acids is 7. The Morgan fingerprint density at radius 2 is 0.881 bits per heavy atom. The number of aliphatic hydroxyl groups is 2. The van der Waals surface area contributed by atoms with Crippen LogP contribution in [0.3, 0.4) is 0 Å². The Hall–Kier alpha value is -6.88. The van der Waals surface area contributed by atoms with Crippen molar-refractivity contribution in [3.8, 4) is 0 Å². The van der Waals surface area contributed by atoms with Gasteiger partial charge in [-0.2, -0.15) is 0 Å². The van der Waals surface area contributed by atoms with Crippen LogP contribution in [0.25, 0.3) is 0 Å². The van der Waals surface area contributed by atoms with Gasteiger partial charge in [0.05, 0.1) is 45.2 Å². The molecule has 29 nitrogen and oxygen atoms in total. The number of aliphatic carboxylic acids is 3. The number of nitrogens with zero attached hydrogens (tertiary/aromatic N) is 2. The molecule has 0 aliphatic heterocycles. The standard InChI is InChI=1S/C30H52N14O15/c31-13(3-1-5-36-29(32)33)23(53)38-9-19(47)40-15(7-21(49)50)25(55)43-17(11-45)27(57)42-14(4-2-6-37-30(34)35)24(54)39-10-20(48)41-16(8-22(51)52)26(56)44-18(12-46)28(58)59/h13-18,45-46H,1-12,31H2,(H,38,53)(H,39,54)(H,40,47)(H,41,48)(H,42,57)(H,43,55)(H,44,56)(H,49,50)(H,51,52)(H,58,59)(H4,32,33,36)(H4,34,35,37)/t13-,14-,15-,16-,17-,18-/m0/s1. The predicted molar refractivity (Wildman–Crippen MR) is 200 cm³/mol. The Labute approximate surface area is 334 Å². The molecular weight excluding hydrogens is 796 g/mol. The van der Waals surface area contributed by atoms with Crippen LogP contribution < -0.4 is 65.9 Å². The van der Waals surface area contributed by atoms with E-state index in [9.17, 15) is 58.2 Å². The lowest BCUT2D eigenvalue weighted by Gasteiger charge is -2.24. The zero-order valence-electron chi connectivity index (χ0n) is 31.5. The molecule has 0 aliphatic carbocycles. The topological polar surface area (TPSA) is 511 Å². The van der Waals surface area contributed by atoms with E-state index in [1.165, 1.54) is 0 Å². The molecule has 0 bridgehead atoms. The molecule has 0 spiro atoms. The molecule has 0 unspecified atom stereocenters. The molecule has 0 radical (unpaired) electrons. The van der Waals surface area contributed by atoms with E-state index < -0.39 is 135 Å². The summed E-state index contributed by atoms with van der Waals surface area (Å²) in [5, 5.41) is 61.0. The molecule has 0 saturated carbocycles. The van der Waals surface area contributed by atoms with Crippen molar-refractivity contribution in [2.75, 3.05) is 39.4 Å². The second-order valence-corrected chi connectivity index (χ2v) is 12.3. The number of nitrogens with one attached hydrogen (secondary N) is 7. The van der Waals surface area contributed by atoms with Gasteiger partial charge in [-0.25, -0.2) is 4.79 Å². The van der Waals surface area contributed by atoms with Gasteiger partial charge in [-0.3, -0.25) is 53.1 Å². The van der Waals surface area contributed by atoms with Crippen molar-refractivity contribution in [1.29, 1.82) is 0 Å². The minimum atomic E-state index is -1.87. The Bertz CT molecular complexity index is 1570. The zero-order valence-corrected chi connectivity index (χ0v) is 31.5. The number of guanidine groups is 2. The molecule has 0 aliphatic rings. The van der Waals surface area contributed by atoms with Crippen molar-refractivity contribution in [3.05, 3.63) is 0 Å². The molecule has 6 atom stereocenters. The average Bonchev–Trinajstić information content (AvgIpc) is 3.15. The summed E-state index contributed by atoms with van der Waals surface area (Å²) in [6, 6.07) is -10.0. The lowest BCUT2D eigenvalue weighted by atomic mass is 10.1. The highest BCUT2D eigenvalue weighted by Gasteiger charge is 2.32. The highest BCUT2D eigenvalue weighted by molar-refractivity contribution is 5.97. The molecule has 59 heavy (non-hydrogen) atoms. The maximum atomic E-state index is 13.2. The first-order valence-electron chi connectivity index (χ1n) is 17.4. The van der Waals surface area contributed by atoms with E-state index in [2.05, 4.69) is 31.3 Å². The Balaban J connectivity index is 5.74. The van der Waals surface area contributed by atoms with Crippen LogP contribution in [0.4, 0.5) is 0 Å². The van der Waals surface area contributed by atoms with E-state index in [1.807, 2.05) is 16.0 Å². The summed E-state index contributed by atoms with van der Waals surface area (Å²) in [4.78, 5) is 130. The molecule has 0 aromatic carbocycles. The van der Waals surface area contributed by atoms with Gasteiger partial charge in [-0.15, -0.1) is 0 Å². The molecule has 0 fully saturated rings. The molecule has 332 valence electrons. The quantitative estimate of drug-likeness (QED) is 0.0189. The van der Waals surface area contributed by atoms with E-state index >= 15 is 0 Å². The van der Waals surface area contributed by atoms with Crippen LogP contribution in [0.2, 0.25) is 0 Å². The van der Waals surface area contributed by atoms with Crippen molar-refractivity contribution in [1.82, 2.24) is 37.2 Å². The van der Waals surface area contributed by atoms with Gasteiger partial charge < -0.3 is 91.4 Å². The van der Waals surface area contributed by atoms with Crippen LogP contribution >= 0.6 is 0 Å². The van der Waals surface area contributed by atoms with Crippen molar-refractivity contribution in [3.63, 3.8) is 0 Å². The lowest BCUT2D eigenvalue weighted by molar-refractivity contribution is -0.144. The fourth-order valence-electron chi connectivity index (χ4n) is 4.47. The van der Waals surface area contributed by atoms with Crippen LogP contribution in [-0.2, 0) is 47.9 Å². The normalized spacial score (nSPS) is 13.5. The molecule has 0 aromatic rings. The number of carboxylic acids is 3. The number of rotatable bonds is 29. The molecular formula is C30H52N14O15. The second kappa shape index (κ2) is 27.7. The summed E-state index contributed by atoms with van der Waals surface area (Å²) in [7, 11) is 0. The van der Waals surface area contributed by atoms with E-state index in [4.69, 9.17) is 44.0 Å². The number of nitrogens with two attached hydrogens (primary N) is 5. The first-order chi connectivity index (χ1) is 27.6. The van der Waals surface area contributed by atoms with Crippen LogP contribution in [0, 0.1) is 0 Å². The van der Waals surface area contributed by atoms with E-state index in [-0.39, 0.29) is 44.3 Å². The van der Waals surface area contributed by atoms with Crippen molar-refractivity contribution >= 4 is 71.2 Å². The summed E-state index contributed by atoms with van der Waals surface area (Å²) >= 11 is 0. The summed E-state index contributed by atoms with van der Waals surface area (Å²) in [6.45, 7) is -3.76. The average molecular weight is 849 g/mol. The SMILES string of the molecule is NC(N)=NCCC[C@H](NC(=O)[C@H](CO)NC(=O)[C@H](CC(=O)O)NC(=O)CNC(=O)[C@@H](N)CCCN=C(N)N)C(=O)NCC(=O)N[C@@H](CC(=O)O)C(=O)N[C@@H](CO)C(=O)O. The Kier molecular flexibility index (Phi) is 24.4. The molecule has 0 saturated heterocycles. The molecule has 22 N–H and O–H groups in total. The summed E-state index contributed by atoms with van der Waals surface area (Å²) in [5.74, 6) is -13.1. The van der Waals surface area contributed by atoms with Crippen LogP contribution in [0.1, 0.15) is 38.5 Å². The van der Waals surface area contributed by atoms with E-state index in [0.29, 0.717) is 6.42 Å². The first kappa shape index (κ1) is 52.1. The molecule has 0 rings (SSSR count). The van der Waals surface area contributed by atoms with Gasteiger partial charge in [0.1, 0.15) is 30.2 Å². The number of hydrogen-bond acceptors (Lipinski definition) is 15. The van der Waals surface area contributed by atoms with Crippen LogP contribution in [0.5, 0.6) is 0 Å². The lowest BCUT2D eigenvalue weighted by Crippen LogP contribution is -2.59. The number of carbonyl (C=O) groups is 10. The third-order valence-corrected chi connectivity index (χ3v) is 7.40. The smallest absolute Gasteiger partial charge is 0.328 e.